The van der Waals surface area contributed by atoms with E-state index in [4.69, 9.17) is 9.57 Å². The minimum Gasteiger partial charge on any atom is -0.394 e. The van der Waals surface area contributed by atoms with E-state index in [9.17, 15) is 24.6 Å². The first-order valence-electron chi connectivity index (χ1n) is 22.1. The molecule has 14 nitrogen and oxygen atoms in total. The first-order valence-corrected chi connectivity index (χ1v) is 22.1. The molecule has 2 aliphatic heterocycles. The van der Waals surface area contributed by atoms with Crippen molar-refractivity contribution in [3.05, 3.63) is 0 Å². The van der Waals surface area contributed by atoms with Crippen LogP contribution in [0.2, 0.25) is 0 Å². The Bertz CT molecular complexity index is 1400. The summed E-state index contributed by atoms with van der Waals surface area (Å²) in [5.74, 6) is 0.911. The van der Waals surface area contributed by atoms with Gasteiger partial charge in [-0.3, -0.25) is 24.1 Å². The minimum atomic E-state index is -0.854. The molecule has 5 aliphatic carbocycles. The molecule has 5 N–H and O–H groups in total. The van der Waals surface area contributed by atoms with E-state index in [0.29, 0.717) is 36.1 Å². The molecule has 2 saturated heterocycles. The van der Waals surface area contributed by atoms with Crippen LogP contribution in [0.5, 0.6) is 0 Å². The number of hydroxylamine groups is 2. The summed E-state index contributed by atoms with van der Waals surface area (Å²) in [5.41, 5.74) is 0.298. The smallest absolute Gasteiger partial charge is 0.244 e. The zero-order chi connectivity index (χ0) is 41.5. The number of ether oxygens (including phenoxy) is 1. The van der Waals surface area contributed by atoms with Crippen molar-refractivity contribution >= 4 is 17.7 Å². The molecular formula is C43H77N7O7. The van der Waals surface area contributed by atoms with Crippen LogP contribution < -0.4 is 16.0 Å². The van der Waals surface area contributed by atoms with Gasteiger partial charge in [0.25, 0.3) is 0 Å². The van der Waals surface area contributed by atoms with Crippen molar-refractivity contribution < 1.29 is 34.2 Å². The van der Waals surface area contributed by atoms with Crippen molar-refractivity contribution in [1.29, 1.82) is 0 Å². The standard InChI is InChI=1S/C43H77N7O7/c1-24-33-17-29(43(33,3)4)18-34(24)45-41(54)38-37(25(2)52)36(22-51)57-50(38)21-26-12-11-13-32(39(26)56-10)27-14-28(16-30(15-27)47(5)6)40(53)46-35(42(55)48(7)8)19-31-20-44-23-49(31)9/h24-39,44,51-52H,11-23H2,1-10H3,(H,45,54)(H,46,53)/t24-,25-,26?,27?,28?,29+,30?,31?,32?,33-,34-,35-,36-,37-,38-,39?/m0/s1. The third-order valence-corrected chi connectivity index (χ3v) is 16.1. The second-order valence-electron chi connectivity index (χ2n) is 20.1. The molecule has 16 atom stereocenters. The van der Waals surface area contributed by atoms with Crippen LogP contribution in [0.4, 0.5) is 0 Å². The molecule has 3 amide bonds. The zero-order valence-electron chi connectivity index (χ0n) is 36.7. The summed E-state index contributed by atoms with van der Waals surface area (Å²) in [4.78, 5) is 54.4. The molecule has 0 aromatic heterocycles. The molecule has 326 valence electrons. The van der Waals surface area contributed by atoms with Gasteiger partial charge in [0.2, 0.25) is 17.7 Å². The van der Waals surface area contributed by atoms with Crippen LogP contribution in [0.15, 0.2) is 0 Å². The van der Waals surface area contributed by atoms with Gasteiger partial charge in [-0.15, -0.1) is 0 Å². The summed E-state index contributed by atoms with van der Waals surface area (Å²) in [5, 5.41) is 33.2. The van der Waals surface area contributed by atoms with E-state index in [0.717, 1.165) is 58.2 Å². The van der Waals surface area contributed by atoms with Crippen LogP contribution in [0.25, 0.3) is 0 Å². The molecule has 0 radical (unpaired) electrons. The molecule has 0 spiro atoms. The third-order valence-electron chi connectivity index (χ3n) is 16.1. The molecule has 5 saturated carbocycles. The monoisotopic (exact) mass is 804 g/mol. The Labute approximate surface area is 342 Å². The van der Waals surface area contributed by atoms with E-state index in [1.165, 1.54) is 6.42 Å². The molecular weight excluding hydrogens is 727 g/mol. The number of methoxy groups -OCH3 is 1. The van der Waals surface area contributed by atoms with Gasteiger partial charge in [-0.25, -0.2) is 0 Å². The fourth-order valence-corrected chi connectivity index (χ4v) is 12.5. The molecule has 2 bridgehead atoms. The number of nitrogens with zero attached hydrogens (tertiary/aromatic N) is 4. The highest BCUT2D eigenvalue weighted by Gasteiger charge is 2.58. The highest BCUT2D eigenvalue weighted by molar-refractivity contribution is 5.88. The average Bonchev–Trinajstić information content (AvgIpc) is 3.76. The van der Waals surface area contributed by atoms with Crippen LogP contribution in [-0.4, -0.2) is 165 Å². The number of likely N-dealkylation sites (N-methyl/N-ethyl adjacent to an activating group) is 2. The van der Waals surface area contributed by atoms with Crippen molar-refractivity contribution in [3.8, 4) is 0 Å². The Morgan fingerprint density at radius 1 is 1.05 bits per heavy atom. The Balaban J connectivity index is 1.17. The normalized spacial score (nSPS) is 40.6. The summed E-state index contributed by atoms with van der Waals surface area (Å²) in [6, 6.07) is -0.893. The highest BCUT2D eigenvalue weighted by Crippen LogP contribution is 2.61. The number of rotatable bonds is 14. The molecule has 14 heteroatoms. The van der Waals surface area contributed by atoms with Crippen molar-refractivity contribution in [1.82, 2.24) is 35.7 Å². The zero-order valence-corrected chi connectivity index (χ0v) is 36.7. The van der Waals surface area contributed by atoms with Gasteiger partial charge in [-0.05, 0) is 114 Å². The summed E-state index contributed by atoms with van der Waals surface area (Å²) in [6.45, 7) is 10.4. The van der Waals surface area contributed by atoms with Gasteiger partial charge in [0.1, 0.15) is 18.2 Å². The number of aliphatic hydroxyl groups is 2. The molecule has 7 aliphatic rings. The van der Waals surface area contributed by atoms with Crippen molar-refractivity contribution in [2.24, 2.45) is 52.8 Å². The Morgan fingerprint density at radius 3 is 2.37 bits per heavy atom. The largest absolute Gasteiger partial charge is 0.394 e. The van der Waals surface area contributed by atoms with E-state index < -0.39 is 30.2 Å². The van der Waals surface area contributed by atoms with Crippen LogP contribution in [0.3, 0.4) is 0 Å². The fourth-order valence-electron chi connectivity index (χ4n) is 12.5. The van der Waals surface area contributed by atoms with Gasteiger partial charge in [0.15, 0.2) is 0 Å². The Morgan fingerprint density at radius 2 is 1.79 bits per heavy atom. The fraction of sp³-hybridized carbons (Fsp3) is 0.930. The summed E-state index contributed by atoms with van der Waals surface area (Å²) >= 11 is 0. The minimum absolute atomic E-state index is 0.0457. The quantitative estimate of drug-likeness (QED) is 0.174. The number of carbonyl (C=O) groups excluding carboxylic acids is 3. The number of fused-ring (bicyclic) bond motifs is 2. The van der Waals surface area contributed by atoms with Crippen LogP contribution >= 0.6 is 0 Å². The van der Waals surface area contributed by atoms with Crippen LogP contribution in [0.1, 0.15) is 85.5 Å². The number of aliphatic hydroxyl groups excluding tert-OH is 2. The lowest BCUT2D eigenvalue weighted by molar-refractivity contribution is -0.193. The predicted octanol–water partition coefficient (Wildman–Crippen LogP) is 1.75. The van der Waals surface area contributed by atoms with Crippen LogP contribution in [0, 0.1) is 52.8 Å². The van der Waals surface area contributed by atoms with Gasteiger partial charge >= 0.3 is 0 Å². The molecule has 2 heterocycles. The van der Waals surface area contributed by atoms with Gasteiger partial charge in [0.05, 0.1) is 18.8 Å². The van der Waals surface area contributed by atoms with Gasteiger partial charge in [-0.2, -0.15) is 5.06 Å². The third kappa shape index (κ3) is 9.23. The Kier molecular flexibility index (Phi) is 14.4. The van der Waals surface area contributed by atoms with Gasteiger partial charge in [-0.1, -0.05) is 27.2 Å². The lowest BCUT2D eigenvalue weighted by atomic mass is 9.45. The molecule has 0 aromatic carbocycles. The second-order valence-corrected chi connectivity index (χ2v) is 20.1. The number of carbonyl (C=O) groups is 3. The summed E-state index contributed by atoms with van der Waals surface area (Å²) < 4.78 is 6.42. The first-order chi connectivity index (χ1) is 27.0. The molecule has 57 heavy (non-hydrogen) atoms. The maximum absolute atomic E-state index is 14.4. The SMILES string of the molecule is COC1C(CN2O[C@@H](CO)[C@H]([C@H](C)O)[C@H]2C(=O)N[C@H]2C[C@H]3C[C@@H]([C@@H]2C)C3(C)C)CCCC1C1CC(C(=O)N[C@@H](CC2CNCN2C)C(=O)N(C)C)CC(N(C)C)C1. The highest BCUT2D eigenvalue weighted by atomic mass is 16.7. The molecule has 0 aromatic rings. The molecule has 7 fully saturated rings. The van der Waals surface area contributed by atoms with Crippen molar-refractivity contribution in [2.75, 3.05) is 68.7 Å². The predicted molar refractivity (Wildman–Crippen MR) is 218 cm³/mol. The van der Waals surface area contributed by atoms with E-state index >= 15 is 0 Å². The number of amides is 3. The second kappa shape index (κ2) is 18.4. The topological polar surface area (TPSA) is 159 Å². The molecule has 7 rings (SSSR count). The van der Waals surface area contributed by atoms with Gasteiger partial charge < -0.3 is 40.7 Å². The number of hydrogen-bond donors (Lipinski definition) is 5. The lowest BCUT2D eigenvalue weighted by Crippen LogP contribution is -2.62. The summed E-state index contributed by atoms with van der Waals surface area (Å²) in [7, 11) is 11.5. The van der Waals surface area contributed by atoms with Crippen molar-refractivity contribution in [2.45, 2.75) is 134 Å². The molecule has 7 unspecified atom stereocenters. The maximum atomic E-state index is 14.4. The van der Waals surface area contributed by atoms with E-state index in [1.807, 2.05) is 7.05 Å². The van der Waals surface area contributed by atoms with E-state index in [2.05, 4.69) is 60.6 Å². The van der Waals surface area contributed by atoms with Gasteiger partial charge in [0, 0.05) is 76.8 Å². The Hall–Kier alpha value is -1.91. The summed E-state index contributed by atoms with van der Waals surface area (Å²) in [6.07, 6.45) is 6.34. The van der Waals surface area contributed by atoms with E-state index in [-0.39, 0.29) is 72.2 Å². The maximum Gasteiger partial charge on any atom is 0.244 e. The number of hydrogen-bond acceptors (Lipinski definition) is 11. The van der Waals surface area contributed by atoms with Crippen LogP contribution in [-0.2, 0) is 24.0 Å². The lowest BCUT2D eigenvalue weighted by Gasteiger charge is -2.62. The average molecular weight is 804 g/mol. The van der Waals surface area contributed by atoms with Crippen molar-refractivity contribution in [3.63, 3.8) is 0 Å². The number of nitrogens with one attached hydrogen (secondary N) is 3. The first kappa shape index (κ1) is 44.6. The van der Waals surface area contributed by atoms with E-state index in [1.54, 1.807) is 38.1 Å².